The highest BCUT2D eigenvalue weighted by Crippen LogP contribution is 2.28. The number of hydrogen-bond donors (Lipinski definition) is 2. The number of nitrogens with one attached hydrogen (secondary N) is 2. The van der Waals surface area contributed by atoms with Gasteiger partial charge in [-0.25, -0.2) is 8.42 Å². The molecule has 2 aromatic carbocycles. The summed E-state index contributed by atoms with van der Waals surface area (Å²) < 4.78 is 26.7. The maximum atomic E-state index is 12.7. The van der Waals surface area contributed by atoms with Gasteiger partial charge in [-0.15, -0.1) is 0 Å². The van der Waals surface area contributed by atoms with Crippen LogP contribution in [-0.4, -0.2) is 54.4 Å². The number of sulfonamides is 1. The van der Waals surface area contributed by atoms with Crippen LogP contribution in [0.1, 0.15) is 20.3 Å². The van der Waals surface area contributed by atoms with Crippen molar-refractivity contribution in [3.8, 4) is 0 Å². The zero-order chi connectivity index (χ0) is 22.9. The van der Waals surface area contributed by atoms with Crippen molar-refractivity contribution in [2.45, 2.75) is 25.2 Å². The van der Waals surface area contributed by atoms with Crippen molar-refractivity contribution in [2.24, 2.45) is 5.92 Å². The number of H-pyrrole nitrogens is 1. The molecule has 10 heteroatoms. The number of amides is 2. The number of carbonyl (C=O) groups is 2. The molecule has 9 nitrogen and oxygen atoms in total. The number of anilines is 2. The van der Waals surface area contributed by atoms with Crippen LogP contribution in [0.4, 0.5) is 11.4 Å². The average Bonchev–Trinajstić information content (AvgIpc) is 3.40. The number of aromatic nitrogens is 2. The molecule has 2 N–H and O–H groups in total. The van der Waals surface area contributed by atoms with Gasteiger partial charge in [0.05, 0.1) is 22.5 Å². The monoisotopic (exact) mass is 455 g/mol. The Hall–Kier alpha value is -3.24. The Morgan fingerprint density at radius 3 is 2.59 bits per heavy atom. The second-order valence-electron chi connectivity index (χ2n) is 7.65. The molecule has 4 rings (SSSR count). The standard InChI is InChI=1S/C22H25N5O4S/c1-3-26(4-2)32(30,31)19-8-6-18(7-9-19)27-14-16(12-21(27)28)22(29)24-17-5-10-20-15(11-17)13-23-25-20/h5-11,13,16H,3-4,12,14H2,1-2H3,(H,23,25)(H,24,29). The fraction of sp³-hybridized carbons (Fsp3) is 0.318. The van der Waals surface area contributed by atoms with Crippen molar-refractivity contribution in [2.75, 3.05) is 29.9 Å². The van der Waals surface area contributed by atoms with Crippen LogP contribution in [0.5, 0.6) is 0 Å². The lowest BCUT2D eigenvalue weighted by molar-refractivity contribution is -0.122. The molecule has 1 aliphatic heterocycles. The lowest BCUT2D eigenvalue weighted by atomic mass is 10.1. The van der Waals surface area contributed by atoms with Gasteiger partial charge in [0.1, 0.15) is 0 Å². The third-order valence-electron chi connectivity index (χ3n) is 5.70. The van der Waals surface area contributed by atoms with E-state index in [1.165, 1.54) is 21.3 Å². The molecule has 1 aromatic heterocycles. The van der Waals surface area contributed by atoms with Gasteiger partial charge in [0.2, 0.25) is 21.8 Å². The third kappa shape index (κ3) is 4.11. The van der Waals surface area contributed by atoms with Crippen LogP contribution in [0.15, 0.2) is 53.6 Å². The minimum absolute atomic E-state index is 0.0965. The summed E-state index contributed by atoms with van der Waals surface area (Å²) in [7, 11) is -3.57. The Morgan fingerprint density at radius 1 is 1.19 bits per heavy atom. The van der Waals surface area contributed by atoms with E-state index in [1.807, 2.05) is 12.1 Å². The van der Waals surface area contributed by atoms with Crippen molar-refractivity contribution in [1.29, 1.82) is 0 Å². The molecular formula is C22H25N5O4S. The summed E-state index contributed by atoms with van der Waals surface area (Å²) in [6, 6.07) is 11.7. The van der Waals surface area contributed by atoms with Crippen molar-refractivity contribution in [3.05, 3.63) is 48.7 Å². The minimum atomic E-state index is -3.57. The van der Waals surface area contributed by atoms with Gasteiger partial charge in [0, 0.05) is 42.8 Å². The van der Waals surface area contributed by atoms with Crippen molar-refractivity contribution < 1.29 is 18.0 Å². The molecule has 168 valence electrons. The zero-order valence-corrected chi connectivity index (χ0v) is 18.7. The van der Waals surface area contributed by atoms with E-state index >= 15 is 0 Å². The number of rotatable bonds is 7. The van der Waals surface area contributed by atoms with Crippen molar-refractivity contribution in [3.63, 3.8) is 0 Å². The number of fused-ring (bicyclic) bond motifs is 1. The summed E-state index contributed by atoms with van der Waals surface area (Å²) in [4.78, 5) is 27.0. The zero-order valence-electron chi connectivity index (χ0n) is 17.9. The van der Waals surface area contributed by atoms with E-state index in [-0.39, 0.29) is 29.7 Å². The molecule has 1 saturated heterocycles. The molecule has 2 amide bonds. The van der Waals surface area contributed by atoms with Crippen LogP contribution in [0.2, 0.25) is 0 Å². The second-order valence-corrected chi connectivity index (χ2v) is 9.59. The van der Waals surface area contributed by atoms with Gasteiger partial charge in [-0.05, 0) is 42.5 Å². The Morgan fingerprint density at radius 2 is 1.91 bits per heavy atom. The summed E-state index contributed by atoms with van der Waals surface area (Å²) >= 11 is 0. The van der Waals surface area contributed by atoms with Gasteiger partial charge in [-0.3, -0.25) is 14.7 Å². The molecule has 32 heavy (non-hydrogen) atoms. The third-order valence-corrected chi connectivity index (χ3v) is 7.76. The predicted octanol–water partition coefficient (Wildman–Crippen LogP) is 2.58. The molecule has 2 heterocycles. The van der Waals surface area contributed by atoms with E-state index in [4.69, 9.17) is 0 Å². The number of benzene rings is 2. The summed E-state index contributed by atoms with van der Waals surface area (Å²) in [6.07, 6.45) is 1.77. The summed E-state index contributed by atoms with van der Waals surface area (Å²) in [5, 5.41) is 10.6. The normalized spacial score (nSPS) is 16.8. The topological polar surface area (TPSA) is 115 Å². The molecule has 1 fully saturated rings. The number of carbonyl (C=O) groups excluding carboxylic acids is 2. The number of hydrogen-bond acceptors (Lipinski definition) is 5. The van der Waals surface area contributed by atoms with Gasteiger partial charge in [0.25, 0.3) is 0 Å². The molecule has 1 unspecified atom stereocenters. The molecule has 3 aromatic rings. The molecular weight excluding hydrogens is 430 g/mol. The van der Waals surface area contributed by atoms with Crippen LogP contribution >= 0.6 is 0 Å². The first-order chi connectivity index (χ1) is 15.3. The van der Waals surface area contributed by atoms with Gasteiger partial charge in [-0.2, -0.15) is 9.40 Å². The lowest BCUT2D eigenvalue weighted by Crippen LogP contribution is -2.31. The van der Waals surface area contributed by atoms with Crippen LogP contribution in [-0.2, 0) is 19.6 Å². The highest BCUT2D eigenvalue weighted by molar-refractivity contribution is 7.89. The first kappa shape index (κ1) is 22.0. The molecule has 0 spiro atoms. The second kappa shape index (κ2) is 8.71. The SMILES string of the molecule is CCN(CC)S(=O)(=O)c1ccc(N2CC(C(=O)Nc3ccc4[nH]ncc4c3)CC2=O)cc1. The maximum absolute atomic E-state index is 12.7. The average molecular weight is 456 g/mol. The Labute approximate surface area is 186 Å². The van der Waals surface area contributed by atoms with Crippen LogP contribution in [0.3, 0.4) is 0 Å². The summed E-state index contributed by atoms with van der Waals surface area (Å²) in [6.45, 7) is 4.58. The van der Waals surface area contributed by atoms with Crippen LogP contribution in [0.25, 0.3) is 10.9 Å². The quantitative estimate of drug-likeness (QED) is 0.568. The molecule has 1 aliphatic rings. The first-order valence-electron chi connectivity index (χ1n) is 10.5. The maximum Gasteiger partial charge on any atom is 0.243 e. The minimum Gasteiger partial charge on any atom is -0.326 e. The van der Waals surface area contributed by atoms with E-state index in [1.54, 1.807) is 38.2 Å². The van der Waals surface area contributed by atoms with Crippen LogP contribution < -0.4 is 10.2 Å². The highest BCUT2D eigenvalue weighted by atomic mass is 32.2. The molecule has 0 radical (unpaired) electrons. The van der Waals surface area contributed by atoms with E-state index in [2.05, 4.69) is 15.5 Å². The fourth-order valence-corrected chi connectivity index (χ4v) is 5.37. The highest BCUT2D eigenvalue weighted by Gasteiger charge is 2.35. The first-order valence-corrected chi connectivity index (χ1v) is 11.9. The largest absolute Gasteiger partial charge is 0.326 e. The van der Waals surface area contributed by atoms with E-state index in [0.717, 1.165) is 10.9 Å². The van der Waals surface area contributed by atoms with Crippen molar-refractivity contribution >= 4 is 44.1 Å². The van der Waals surface area contributed by atoms with E-state index in [0.29, 0.717) is 24.5 Å². The Balaban J connectivity index is 1.45. The summed E-state index contributed by atoms with van der Waals surface area (Å²) in [5.74, 6) is -0.902. The van der Waals surface area contributed by atoms with E-state index in [9.17, 15) is 18.0 Å². The molecule has 1 atom stereocenters. The Bertz CT molecular complexity index is 1250. The molecule has 0 aliphatic carbocycles. The van der Waals surface area contributed by atoms with Gasteiger partial charge in [-0.1, -0.05) is 13.8 Å². The smallest absolute Gasteiger partial charge is 0.243 e. The van der Waals surface area contributed by atoms with E-state index < -0.39 is 15.9 Å². The molecule has 0 saturated carbocycles. The summed E-state index contributed by atoms with van der Waals surface area (Å²) in [5.41, 5.74) is 2.08. The molecule has 0 bridgehead atoms. The van der Waals surface area contributed by atoms with Crippen molar-refractivity contribution in [1.82, 2.24) is 14.5 Å². The fourth-order valence-electron chi connectivity index (χ4n) is 3.91. The van der Waals surface area contributed by atoms with Gasteiger partial charge in [0.15, 0.2) is 0 Å². The predicted molar refractivity (Wildman–Crippen MR) is 122 cm³/mol. The number of aromatic amines is 1. The van der Waals surface area contributed by atoms with Crippen LogP contribution in [0, 0.1) is 5.92 Å². The van der Waals surface area contributed by atoms with Gasteiger partial charge < -0.3 is 10.2 Å². The number of nitrogens with zero attached hydrogens (tertiary/aromatic N) is 3. The lowest BCUT2D eigenvalue weighted by Gasteiger charge is -2.20. The Kier molecular flexibility index (Phi) is 5.98. The van der Waals surface area contributed by atoms with Gasteiger partial charge >= 0.3 is 0 Å².